The third-order valence-electron chi connectivity index (χ3n) is 4.92. The SMILES string of the molecule is CCCCC(=O)N(CC(=O)N(Cc1ccc(F)cc1)Cc1ccco1)C1CC1. The van der Waals surface area contributed by atoms with Crippen molar-refractivity contribution < 1.29 is 18.4 Å². The molecular weight excluding hydrogens is 359 g/mol. The molecule has 1 aromatic carbocycles. The van der Waals surface area contributed by atoms with Crippen LogP contribution >= 0.6 is 0 Å². The minimum absolute atomic E-state index is 0.0532. The Labute approximate surface area is 165 Å². The zero-order chi connectivity index (χ0) is 19.9. The fourth-order valence-corrected chi connectivity index (χ4v) is 3.16. The van der Waals surface area contributed by atoms with Gasteiger partial charge in [-0.1, -0.05) is 25.5 Å². The zero-order valence-electron chi connectivity index (χ0n) is 16.3. The van der Waals surface area contributed by atoms with Gasteiger partial charge in [0.1, 0.15) is 18.1 Å². The average molecular weight is 386 g/mol. The lowest BCUT2D eigenvalue weighted by Gasteiger charge is -2.27. The summed E-state index contributed by atoms with van der Waals surface area (Å²) in [6.07, 6.45) is 5.76. The molecule has 0 N–H and O–H groups in total. The summed E-state index contributed by atoms with van der Waals surface area (Å²) in [5, 5.41) is 0. The van der Waals surface area contributed by atoms with Gasteiger partial charge < -0.3 is 14.2 Å². The standard InChI is InChI=1S/C22H27FN2O3/c1-2-3-6-21(26)25(19-11-12-19)16-22(27)24(15-20-5-4-13-28-20)14-17-7-9-18(23)10-8-17/h4-5,7-10,13,19H,2-3,6,11-12,14-16H2,1H3. The summed E-state index contributed by atoms with van der Waals surface area (Å²) < 4.78 is 18.6. The van der Waals surface area contributed by atoms with E-state index < -0.39 is 0 Å². The van der Waals surface area contributed by atoms with E-state index in [0.29, 0.717) is 25.3 Å². The predicted molar refractivity (Wildman–Crippen MR) is 104 cm³/mol. The van der Waals surface area contributed by atoms with E-state index in [0.717, 1.165) is 31.2 Å². The van der Waals surface area contributed by atoms with Crippen LogP contribution in [0.25, 0.3) is 0 Å². The van der Waals surface area contributed by atoms with Crippen molar-refractivity contribution in [1.82, 2.24) is 9.80 Å². The third kappa shape index (κ3) is 5.68. The Hall–Kier alpha value is -2.63. The second kappa shape index (κ2) is 9.53. The molecule has 1 heterocycles. The molecule has 28 heavy (non-hydrogen) atoms. The predicted octanol–water partition coefficient (Wildman–Crippen LogP) is 4.13. The van der Waals surface area contributed by atoms with Crippen LogP contribution in [-0.4, -0.2) is 34.2 Å². The summed E-state index contributed by atoms with van der Waals surface area (Å²) in [6, 6.07) is 9.89. The van der Waals surface area contributed by atoms with Crippen molar-refractivity contribution in [1.29, 1.82) is 0 Å². The summed E-state index contributed by atoms with van der Waals surface area (Å²) in [4.78, 5) is 29.0. The van der Waals surface area contributed by atoms with E-state index in [9.17, 15) is 14.0 Å². The normalized spacial score (nSPS) is 13.4. The number of halogens is 1. The van der Waals surface area contributed by atoms with Crippen LogP contribution in [0.5, 0.6) is 0 Å². The Morgan fingerprint density at radius 1 is 1.11 bits per heavy atom. The summed E-state index contributed by atoms with van der Waals surface area (Å²) in [6.45, 7) is 2.77. The summed E-state index contributed by atoms with van der Waals surface area (Å²) in [5.41, 5.74) is 0.830. The molecule has 2 aromatic rings. The van der Waals surface area contributed by atoms with Crippen LogP contribution in [0.1, 0.15) is 50.4 Å². The highest BCUT2D eigenvalue weighted by atomic mass is 19.1. The van der Waals surface area contributed by atoms with Crippen molar-refractivity contribution in [2.24, 2.45) is 0 Å². The van der Waals surface area contributed by atoms with Crippen molar-refractivity contribution >= 4 is 11.8 Å². The molecule has 6 heteroatoms. The lowest BCUT2D eigenvalue weighted by molar-refractivity contribution is -0.142. The maximum absolute atomic E-state index is 13.2. The number of rotatable bonds is 10. The Balaban J connectivity index is 1.70. The highest BCUT2D eigenvalue weighted by molar-refractivity contribution is 5.85. The molecule has 2 amide bonds. The average Bonchev–Trinajstić information content (AvgIpc) is 3.40. The van der Waals surface area contributed by atoms with Crippen LogP contribution in [0.2, 0.25) is 0 Å². The first kappa shape index (κ1) is 20.1. The number of unbranched alkanes of at least 4 members (excludes halogenated alkanes) is 1. The molecular formula is C22H27FN2O3. The highest BCUT2D eigenvalue weighted by Gasteiger charge is 2.34. The molecule has 0 radical (unpaired) electrons. The van der Waals surface area contributed by atoms with Gasteiger partial charge in [-0.2, -0.15) is 0 Å². The number of nitrogens with zero attached hydrogens (tertiary/aromatic N) is 2. The van der Waals surface area contributed by atoms with Crippen LogP contribution in [0.4, 0.5) is 4.39 Å². The van der Waals surface area contributed by atoms with Crippen LogP contribution < -0.4 is 0 Å². The van der Waals surface area contributed by atoms with Crippen molar-refractivity contribution in [3.8, 4) is 0 Å². The van der Waals surface area contributed by atoms with E-state index in [-0.39, 0.29) is 30.2 Å². The number of furan rings is 1. The molecule has 3 rings (SSSR count). The lowest BCUT2D eigenvalue weighted by atomic mass is 10.2. The number of hydrogen-bond acceptors (Lipinski definition) is 3. The quantitative estimate of drug-likeness (QED) is 0.617. The van der Waals surface area contributed by atoms with Gasteiger partial charge in [0.15, 0.2) is 0 Å². The smallest absolute Gasteiger partial charge is 0.242 e. The highest BCUT2D eigenvalue weighted by Crippen LogP contribution is 2.28. The molecule has 0 bridgehead atoms. The van der Waals surface area contributed by atoms with E-state index in [4.69, 9.17) is 4.42 Å². The molecule has 1 aliphatic carbocycles. The fourth-order valence-electron chi connectivity index (χ4n) is 3.16. The van der Waals surface area contributed by atoms with Gasteiger partial charge >= 0.3 is 0 Å². The summed E-state index contributed by atoms with van der Waals surface area (Å²) in [7, 11) is 0. The van der Waals surface area contributed by atoms with Gasteiger partial charge in [-0.3, -0.25) is 9.59 Å². The van der Waals surface area contributed by atoms with E-state index in [1.54, 1.807) is 34.3 Å². The molecule has 0 atom stereocenters. The number of carbonyl (C=O) groups excluding carboxylic acids is 2. The van der Waals surface area contributed by atoms with Crippen molar-refractivity contribution in [3.05, 3.63) is 59.8 Å². The van der Waals surface area contributed by atoms with E-state index >= 15 is 0 Å². The largest absolute Gasteiger partial charge is 0.467 e. The number of benzene rings is 1. The Morgan fingerprint density at radius 3 is 2.46 bits per heavy atom. The Morgan fingerprint density at radius 2 is 1.86 bits per heavy atom. The molecule has 0 spiro atoms. The molecule has 0 aliphatic heterocycles. The Bertz CT molecular complexity index is 770. The van der Waals surface area contributed by atoms with Crippen molar-refractivity contribution in [2.45, 2.75) is 58.2 Å². The first-order valence-electron chi connectivity index (χ1n) is 9.91. The maximum Gasteiger partial charge on any atom is 0.242 e. The van der Waals surface area contributed by atoms with Gasteiger partial charge in [-0.15, -0.1) is 0 Å². The minimum atomic E-state index is -0.311. The van der Waals surface area contributed by atoms with E-state index in [1.807, 2.05) is 13.0 Å². The van der Waals surface area contributed by atoms with Crippen LogP contribution in [0.3, 0.4) is 0 Å². The maximum atomic E-state index is 13.2. The summed E-state index contributed by atoms with van der Waals surface area (Å²) in [5.74, 6) is 0.287. The third-order valence-corrected chi connectivity index (χ3v) is 4.92. The van der Waals surface area contributed by atoms with E-state index in [2.05, 4.69) is 0 Å². The number of amides is 2. The van der Waals surface area contributed by atoms with Gasteiger partial charge in [0.05, 0.1) is 12.8 Å². The number of hydrogen-bond donors (Lipinski definition) is 0. The van der Waals surface area contributed by atoms with Crippen molar-refractivity contribution in [3.63, 3.8) is 0 Å². The zero-order valence-corrected chi connectivity index (χ0v) is 16.3. The first-order chi connectivity index (χ1) is 13.6. The van der Waals surface area contributed by atoms with Crippen LogP contribution in [-0.2, 0) is 22.7 Å². The van der Waals surface area contributed by atoms with Crippen LogP contribution in [0, 0.1) is 5.82 Å². The van der Waals surface area contributed by atoms with E-state index in [1.165, 1.54) is 12.1 Å². The van der Waals surface area contributed by atoms with Gasteiger partial charge in [0, 0.05) is 19.0 Å². The van der Waals surface area contributed by atoms with Gasteiger partial charge in [-0.05, 0) is 49.1 Å². The molecule has 1 aromatic heterocycles. The van der Waals surface area contributed by atoms with Crippen LogP contribution in [0.15, 0.2) is 47.1 Å². The lowest BCUT2D eigenvalue weighted by Crippen LogP contribution is -2.43. The molecule has 1 fully saturated rings. The van der Waals surface area contributed by atoms with Gasteiger partial charge in [-0.25, -0.2) is 4.39 Å². The summed E-state index contributed by atoms with van der Waals surface area (Å²) >= 11 is 0. The second-order valence-electron chi connectivity index (χ2n) is 7.31. The molecule has 150 valence electrons. The first-order valence-corrected chi connectivity index (χ1v) is 9.91. The monoisotopic (exact) mass is 386 g/mol. The van der Waals surface area contributed by atoms with Gasteiger partial charge in [0.25, 0.3) is 0 Å². The van der Waals surface area contributed by atoms with Gasteiger partial charge in [0.2, 0.25) is 11.8 Å². The second-order valence-corrected chi connectivity index (χ2v) is 7.31. The fraction of sp³-hybridized carbons (Fsp3) is 0.455. The Kier molecular flexibility index (Phi) is 6.85. The minimum Gasteiger partial charge on any atom is -0.467 e. The number of carbonyl (C=O) groups is 2. The topological polar surface area (TPSA) is 53.8 Å². The molecule has 1 saturated carbocycles. The van der Waals surface area contributed by atoms with Crippen molar-refractivity contribution in [2.75, 3.05) is 6.54 Å². The molecule has 5 nitrogen and oxygen atoms in total. The molecule has 1 aliphatic rings. The molecule has 0 saturated heterocycles. The molecule has 0 unspecified atom stereocenters.